The molecule has 2 fully saturated rings. The third kappa shape index (κ3) is 2.14. The molecule has 0 aromatic carbocycles. The quantitative estimate of drug-likeness (QED) is 0.837. The van der Waals surface area contributed by atoms with Gasteiger partial charge in [0.15, 0.2) is 0 Å². The molecule has 0 bridgehead atoms. The fraction of sp³-hybridized carbons (Fsp3) is 0.417. The Kier molecular flexibility index (Phi) is 3.13. The molecule has 1 atom stereocenters. The van der Waals surface area contributed by atoms with E-state index >= 15 is 0 Å². The second kappa shape index (κ2) is 4.82. The fourth-order valence-corrected chi connectivity index (χ4v) is 2.86. The smallest absolute Gasteiger partial charge is 0.337 e. The van der Waals surface area contributed by atoms with Crippen molar-refractivity contribution < 1.29 is 14.7 Å². The molecular formula is C12H13ClN4O3. The third-order valence-corrected chi connectivity index (χ3v) is 3.88. The van der Waals surface area contributed by atoms with Crippen molar-refractivity contribution >= 4 is 29.4 Å². The first-order valence-electron chi connectivity index (χ1n) is 6.24. The maximum Gasteiger partial charge on any atom is 0.337 e. The average molecular weight is 297 g/mol. The molecule has 0 radical (unpaired) electrons. The number of halogens is 1. The van der Waals surface area contributed by atoms with E-state index in [9.17, 15) is 9.59 Å². The lowest BCUT2D eigenvalue weighted by Crippen LogP contribution is -2.52. The molecule has 2 N–H and O–H groups in total. The number of rotatable bonds is 2. The Hall–Kier alpha value is -2.02. The second-order valence-corrected chi connectivity index (χ2v) is 5.22. The van der Waals surface area contributed by atoms with Gasteiger partial charge in [0.25, 0.3) is 0 Å². The summed E-state index contributed by atoms with van der Waals surface area (Å²) in [5.41, 5.74) is 0.0649. The monoisotopic (exact) mass is 296 g/mol. The van der Waals surface area contributed by atoms with Crippen LogP contribution in [0.25, 0.3) is 0 Å². The zero-order chi connectivity index (χ0) is 14.3. The van der Waals surface area contributed by atoms with Gasteiger partial charge in [0, 0.05) is 32.4 Å². The summed E-state index contributed by atoms with van der Waals surface area (Å²) in [6.45, 7) is 2.48. The van der Waals surface area contributed by atoms with Gasteiger partial charge in [-0.1, -0.05) is 11.6 Å². The summed E-state index contributed by atoms with van der Waals surface area (Å²) in [4.78, 5) is 30.3. The summed E-state index contributed by atoms with van der Waals surface area (Å²) in [7, 11) is 0. The number of anilines is 1. The second-order valence-electron chi connectivity index (χ2n) is 4.81. The number of carbonyl (C=O) groups is 2. The molecule has 106 valence electrons. The molecule has 2 aliphatic rings. The summed E-state index contributed by atoms with van der Waals surface area (Å²) in [6.07, 6.45) is 1.30. The van der Waals surface area contributed by atoms with Gasteiger partial charge in [-0.05, 0) is 6.07 Å². The van der Waals surface area contributed by atoms with Crippen molar-refractivity contribution in [3.05, 3.63) is 22.8 Å². The van der Waals surface area contributed by atoms with E-state index in [1.165, 1.54) is 12.3 Å². The van der Waals surface area contributed by atoms with Gasteiger partial charge in [-0.25, -0.2) is 14.6 Å². The van der Waals surface area contributed by atoms with Crippen LogP contribution in [0.4, 0.5) is 10.6 Å². The van der Waals surface area contributed by atoms with Crippen molar-refractivity contribution in [2.45, 2.75) is 6.04 Å². The van der Waals surface area contributed by atoms with E-state index in [2.05, 4.69) is 10.3 Å². The standard InChI is InChI=1S/C12H13ClN4O3/c13-9-3-7(11(18)19)4-14-10(9)16-1-2-17-8(6-16)5-15-12(17)20/h3-4,8H,1-2,5-6H2,(H,15,20)(H,18,19). The van der Waals surface area contributed by atoms with Crippen LogP contribution in [0.3, 0.4) is 0 Å². The SMILES string of the molecule is O=C(O)c1cnc(N2CCN3C(=O)NCC3C2)c(Cl)c1. The highest BCUT2D eigenvalue weighted by Gasteiger charge is 2.36. The normalized spacial score (nSPS) is 21.6. The highest BCUT2D eigenvalue weighted by atomic mass is 35.5. The molecule has 0 saturated carbocycles. The third-order valence-electron chi connectivity index (χ3n) is 3.60. The molecule has 3 heterocycles. The zero-order valence-electron chi connectivity index (χ0n) is 10.5. The number of aromatic carboxylic acids is 1. The number of piperazine rings is 1. The number of carboxylic acid groups (broad SMARTS) is 1. The molecule has 3 rings (SSSR count). The Morgan fingerprint density at radius 2 is 2.30 bits per heavy atom. The molecule has 2 amide bonds. The van der Waals surface area contributed by atoms with Crippen molar-refractivity contribution in [2.75, 3.05) is 31.1 Å². The molecule has 2 aliphatic heterocycles. The Morgan fingerprint density at radius 3 is 3.00 bits per heavy atom. The summed E-state index contributed by atoms with van der Waals surface area (Å²) in [5.74, 6) is -0.489. The summed E-state index contributed by atoms with van der Waals surface area (Å²) in [5, 5.41) is 12.0. The van der Waals surface area contributed by atoms with Crippen molar-refractivity contribution in [1.82, 2.24) is 15.2 Å². The number of pyridine rings is 1. The summed E-state index contributed by atoms with van der Waals surface area (Å²) >= 11 is 6.11. The van der Waals surface area contributed by atoms with Crippen LogP contribution in [-0.4, -0.2) is 59.2 Å². The van der Waals surface area contributed by atoms with Crippen LogP contribution in [0.15, 0.2) is 12.3 Å². The molecule has 0 spiro atoms. The molecule has 20 heavy (non-hydrogen) atoms. The molecule has 0 aliphatic carbocycles. The predicted molar refractivity (Wildman–Crippen MR) is 72.3 cm³/mol. The molecule has 1 unspecified atom stereocenters. The number of nitrogens with zero attached hydrogens (tertiary/aromatic N) is 3. The van der Waals surface area contributed by atoms with E-state index in [1.807, 2.05) is 4.90 Å². The molecule has 2 saturated heterocycles. The Bertz CT molecular complexity index is 580. The number of carboxylic acids is 1. The summed E-state index contributed by atoms with van der Waals surface area (Å²) < 4.78 is 0. The average Bonchev–Trinajstić information content (AvgIpc) is 2.79. The van der Waals surface area contributed by atoms with Crippen molar-refractivity contribution in [3.8, 4) is 0 Å². The minimum Gasteiger partial charge on any atom is -0.478 e. The largest absolute Gasteiger partial charge is 0.478 e. The number of nitrogens with one attached hydrogen (secondary N) is 1. The van der Waals surface area contributed by atoms with E-state index < -0.39 is 5.97 Å². The van der Waals surface area contributed by atoms with Crippen molar-refractivity contribution in [3.63, 3.8) is 0 Å². The lowest BCUT2D eigenvalue weighted by atomic mass is 10.2. The van der Waals surface area contributed by atoms with Crippen LogP contribution in [0.1, 0.15) is 10.4 Å². The first kappa shape index (κ1) is 13.0. The number of fused-ring (bicyclic) bond motifs is 1. The maximum absolute atomic E-state index is 11.5. The highest BCUT2D eigenvalue weighted by Crippen LogP contribution is 2.27. The Morgan fingerprint density at radius 1 is 1.50 bits per heavy atom. The summed E-state index contributed by atoms with van der Waals surface area (Å²) in [6, 6.07) is 1.47. The Labute approximate surface area is 120 Å². The molecule has 1 aromatic heterocycles. The number of urea groups is 1. The van der Waals surface area contributed by atoms with E-state index in [4.69, 9.17) is 16.7 Å². The van der Waals surface area contributed by atoms with Gasteiger partial charge in [-0.15, -0.1) is 0 Å². The maximum atomic E-state index is 11.5. The number of amides is 2. The minimum atomic E-state index is -1.05. The lowest BCUT2D eigenvalue weighted by molar-refractivity contribution is 0.0696. The van der Waals surface area contributed by atoms with Crippen LogP contribution in [0.2, 0.25) is 5.02 Å². The van der Waals surface area contributed by atoms with Crippen LogP contribution in [0.5, 0.6) is 0 Å². The van der Waals surface area contributed by atoms with E-state index in [1.54, 1.807) is 4.90 Å². The fourth-order valence-electron chi connectivity index (χ4n) is 2.58. The lowest BCUT2D eigenvalue weighted by Gasteiger charge is -2.37. The highest BCUT2D eigenvalue weighted by molar-refractivity contribution is 6.33. The first-order valence-corrected chi connectivity index (χ1v) is 6.62. The van der Waals surface area contributed by atoms with Crippen LogP contribution in [0, 0.1) is 0 Å². The van der Waals surface area contributed by atoms with Gasteiger partial charge in [0.05, 0.1) is 16.6 Å². The van der Waals surface area contributed by atoms with Gasteiger partial charge in [-0.2, -0.15) is 0 Å². The van der Waals surface area contributed by atoms with Crippen LogP contribution in [-0.2, 0) is 0 Å². The van der Waals surface area contributed by atoms with Crippen molar-refractivity contribution in [2.24, 2.45) is 0 Å². The minimum absolute atomic E-state index is 0.0325. The first-order chi connectivity index (χ1) is 9.56. The molecule has 1 aromatic rings. The van der Waals surface area contributed by atoms with Gasteiger partial charge >= 0.3 is 12.0 Å². The topological polar surface area (TPSA) is 85.8 Å². The van der Waals surface area contributed by atoms with E-state index in [0.717, 1.165) is 0 Å². The zero-order valence-corrected chi connectivity index (χ0v) is 11.3. The predicted octanol–water partition coefficient (Wildman–Crippen LogP) is 0.647. The van der Waals surface area contributed by atoms with Crippen molar-refractivity contribution in [1.29, 1.82) is 0 Å². The molecule has 8 heteroatoms. The van der Waals surface area contributed by atoms with Gasteiger partial charge in [0.2, 0.25) is 0 Å². The number of hydrogen-bond acceptors (Lipinski definition) is 4. The number of carbonyl (C=O) groups excluding carboxylic acids is 1. The van der Waals surface area contributed by atoms with Gasteiger partial charge < -0.3 is 20.2 Å². The molecule has 7 nitrogen and oxygen atoms in total. The van der Waals surface area contributed by atoms with E-state index in [-0.39, 0.29) is 17.6 Å². The Balaban J connectivity index is 1.80. The van der Waals surface area contributed by atoms with Crippen LogP contribution < -0.4 is 10.2 Å². The number of aromatic nitrogens is 1. The molecular weight excluding hydrogens is 284 g/mol. The van der Waals surface area contributed by atoms with Crippen LogP contribution >= 0.6 is 11.6 Å². The van der Waals surface area contributed by atoms with Gasteiger partial charge in [-0.3, -0.25) is 0 Å². The van der Waals surface area contributed by atoms with Gasteiger partial charge in [0.1, 0.15) is 5.82 Å². The number of hydrogen-bond donors (Lipinski definition) is 2. The van der Waals surface area contributed by atoms with E-state index in [0.29, 0.717) is 37.0 Å².